The molecule has 1 rings (SSSR count). The summed E-state index contributed by atoms with van der Waals surface area (Å²) >= 11 is 0. The zero-order valence-corrected chi connectivity index (χ0v) is 25.4. The van der Waals surface area contributed by atoms with Crippen molar-refractivity contribution in [2.24, 2.45) is 0 Å². The average Bonchev–Trinajstić information content (AvgIpc) is 2.94. The smallest absolute Gasteiger partial charge is 0.123 e. The van der Waals surface area contributed by atoms with Crippen LogP contribution >= 0.6 is 0 Å². The first-order valence-corrected chi connectivity index (χ1v) is 16.5. The van der Waals surface area contributed by atoms with Crippen molar-refractivity contribution in [1.29, 1.82) is 0 Å². The van der Waals surface area contributed by atoms with Crippen LogP contribution in [0.1, 0.15) is 142 Å². The average molecular weight is 551 g/mol. The minimum absolute atomic E-state index is 0.157. The summed E-state index contributed by atoms with van der Waals surface area (Å²) in [5, 5.41) is 19.4. The minimum atomic E-state index is -0.658. The molecule has 0 aliphatic rings. The summed E-state index contributed by atoms with van der Waals surface area (Å²) in [5.41, 5.74) is 0. The molecule has 2 N–H and O–H groups in total. The van der Waals surface area contributed by atoms with Crippen molar-refractivity contribution in [2.75, 3.05) is 33.0 Å². The highest BCUT2D eigenvalue weighted by molar-refractivity contribution is 5.31. The number of phenols is 1. The lowest BCUT2D eigenvalue weighted by Gasteiger charge is -2.13. The third-order valence-electron chi connectivity index (χ3n) is 7.29. The fourth-order valence-electron chi connectivity index (χ4n) is 4.83. The number of benzene rings is 1. The first-order chi connectivity index (χ1) is 19.2. The maximum absolute atomic E-state index is 9.95. The number of aromatic hydroxyl groups is 1. The first kappa shape index (κ1) is 35.7. The lowest BCUT2D eigenvalue weighted by atomic mass is 10.1. The van der Waals surface area contributed by atoms with Crippen LogP contribution in [0.25, 0.3) is 0 Å². The second-order valence-corrected chi connectivity index (χ2v) is 11.2. The molecule has 0 aromatic heterocycles. The van der Waals surface area contributed by atoms with Gasteiger partial charge >= 0.3 is 0 Å². The summed E-state index contributed by atoms with van der Waals surface area (Å²) < 4.78 is 16.9. The zero-order chi connectivity index (χ0) is 28.1. The van der Waals surface area contributed by atoms with Crippen LogP contribution in [0.3, 0.4) is 0 Å². The Kier molecular flexibility index (Phi) is 25.9. The molecule has 0 spiro atoms. The normalized spacial score (nSPS) is 12.2. The standard InChI is InChI=1S/C34H62O5/c1-2-3-4-5-6-7-11-14-17-20-26-37-27-21-18-15-12-9-8-10-13-16-19-22-28-38-30-33(36)31-39-34-25-23-24-32(35)29-34/h23-25,29,33,35-36H,2-22,26-28,30-31H2,1H3. The largest absolute Gasteiger partial charge is 0.508 e. The first-order valence-electron chi connectivity index (χ1n) is 16.5. The van der Waals surface area contributed by atoms with E-state index in [0.29, 0.717) is 12.4 Å². The van der Waals surface area contributed by atoms with Crippen LogP contribution < -0.4 is 4.74 Å². The summed E-state index contributed by atoms with van der Waals surface area (Å²) in [4.78, 5) is 0. The van der Waals surface area contributed by atoms with E-state index in [1.165, 1.54) is 134 Å². The van der Waals surface area contributed by atoms with Crippen molar-refractivity contribution in [3.63, 3.8) is 0 Å². The molecule has 5 nitrogen and oxygen atoms in total. The molecule has 228 valence electrons. The molecule has 0 saturated carbocycles. The molecule has 1 aromatic rings. The highest BCUT2D eigenvalue weighted by Crippen LogP contribution is 2.18. The summed E-state index contributed by atoms with van der Waals surface area (Å²) in [7, 11) is 0. The molecule has 0 amide bonds. The van der Waals surface area contributed by atoms with E-state index < -0.39 is 6.10 Å². The number of rotatable bonds is 30. The highest BCUT2D eigenvalue weighted by atomic mass is 16.5. The second kappa shape index (κ2) is 28.2. The van der Waals surface area contributed by atoms with E-state index in [9.17, 15) is 10.2 Å². The van der Waals surface area contributed by atoms with Crippen molar-refractivity contribution >= 4 is 0 Å². The molecule has 0 aliphatic heterocycles. The fourth-order valence-corrected chi connectivity index (χ4v) is 4.83. The van der Waals surface area contributed by atoms with Crippen molar-refractivity contribution in [2.45, 2.75) is 148 Å². The lowest BCUT2D eigenvalue weighted by Crippen LogP contribution is -2.23. The molecule has 5 heteroatoms. The number of phenolic OH excluding ortho intramolecular Hbond substituents is 1. The fraction of sp³-hybridized carbons (Fsp3) is 0.824. The van der Waals surface area contributed by atoms with E-state index in [0.717, 1.165) is 19.6 Å². The number of unbranched alkanes of at least 4 members (excludes halogenated alkanes) is 19. The van der Waals surface area contributed by atoms with Crippen LogP contribution in [-0.2, 0) is 9.47 Å². The predicted octanol–water partition coefficient (Wildman–Crippen LogP) is 9.38. The van der Waals surface area contributed by atoms with Gasteiger partial charge in [-0.3, -0.25) is 0 Å². The third-order valence-corrected chi connectivity index (χ3v) is 7.29. The molecule has 39 heavy (non-hydrogen) atoms. The van der Waals surface area contributed by atoms with Gasteiger partial charge in [-0.2, -0.15) is 0 Å². The van der Waals surface area contributed by atoms with Crippen molar-refractivity contribution in [3.8, 4) is 11.5 Å². The van der Waals surface area contributed by atoms with E-state index in [-0.39, 0.29) is 19.0 Å². The van der Waals surface area contributed by atoms with E-state index >= 15 is 0 Å². The van der Waals surface area contributed by atoms with Gasteiger partial charge in [0.1, 0.15) is 24.2 Å². The summed E-state index contributed by atoms with van der Waals surface area (Å²) in [6, 6.07) is 6.59. The van der Waals surface area contributed by atoms with Crippen LogP contribution in [-0.4, -0.2) is 49.4 Å². The molecule has 0 bridgehead atoms. The van der Waals surface area contributed by atoms with Crippen molar-refractivity contribution < 1.29 is 24.4 Å². The molecule has 0 saturated heterocycles. The molecule has 0 fully saturated rings. The van der Waals surface area contributed by atoms with Gasteiger partial charge in [0.25, 0.3) is 0 Å². The Morgan fingerprint density at radius 3 is 1.46 bits per heavy atom. The Morgan fingerprint density at radius 1 is 0.564 bits per heavy atom. The van der Waals surface area contributed by atoms with E-state index in [4.69, 9.17) is 14.2 Å². The van der Waals surface area contributed by atoms with Crippen LogP contribution in [0.4, 0.5) is 0 Å². The monoisotopic (exact) mass is 550 g/mol. The molecule has 1 unspecified atom stereocenters. The number of hydrogen-bond acceptors (Lipinski definition) is 5. The van der Waals surface area contributed by atoms with Gasteiger partial charge in [-0.05, 0) is 31.4 Å². The number of aliphatic hydroxyl groups is 1. The molecule has 1 atom stereocenters. The molecule has 0 radical (unpaired) electrons. The predicted molar refractivity (Wildman–Crippen MR) is 164 cm³/mol. The Labute approximate surface area is 241 Å². The van der Waals surface area contributed by atoms with Crippen LogP contribution in [0.15, 0.2) is 24.3 Å². The Morgan fingerprint density at radius 2 is 1.00 bits per heavy atom. The van der Waals surface area contributed by atoms with E-state index in [1.807, 2.05) is 0 Å². The molecular formula is C34H62O5. The van der Waals surface area contributed by atoms with Gasteiger partial charge in [0, 0.05) is 25.9 Å². The third kappa shape index (κ3) is 25.4. The minimum Gasteiger partial charge on any atom is -0.508 e. The van der Waals surface area contributed by atoms with E-state index in [1.54, 1.807) is 18.2 Å². The van der Waals surface area contributed by atoms with Gasteiger partial charge in [0.15, 0.2) is 0 Å². The van der Waals surface area contributed by atoms with Gasteiger partial charge in [-0.25, -0.2) is 0 Å². The SMILES string of the molecule is CCCCCCCCCCCCOCCCCCCCCCCCCCOCC(O)COc1cccc(O)c1. The highest BCUT2D eigenvalue weighted by Gasteiger charge is 2.06. The Bertz CT molecular complexity index is 623. The summed E-state index contributed by atoms with van der Waals surface area (Å²) in [6.07, 6.45) is 27.3. The van der Waals surface area contributed by atoms with Crippen LogP contribution in [0.2, 0.25) is 0 Å². The van der Waals surface area contributed by atoms with Gasteiger partial charge in [0.2, 0.25) is 0 Å². The summed E-state index contributed by atoms with van der Waals surface area (Å²) in [5.74, 6) is 0.706. The van der Waals surface area contributed by atoms with Crippen molar-refractivity contribution in [1.82, 2.24) is 0 Å². The van der Waals surface area contributed by atoms with E-state index in [2.05, 4.69) is 6.92 Å². The number of aliphatic hydroxyl groups excluding tert-OH is 1. The summed E-state index contributed by atoms with van der Waals surface area (Å²) in [6.45, 7) is 5.33. The maximum Gasteiger partial charge on any atom is 0.123 e. The molecule has 0 aliphatic carbocycles. The molecule has 1 aromatic carbocycles. The molecular weight excluding hydrogens is 488 g/mol. The maximum atomic E-state index is 9.95. The zero-order valence-electron chi connectivity index (χ0n) is 25.4. The van der Waals surface area contributed by atoms with Gasteiger partial charge in [0.05, 0.1) is 6.61 Å². The number of ether oxygens (including phenoxy) is 3. The van der Waals surface area contributed by atoms with Gasteiger partial charge in [-0.15, -0.1) is 0 Å². The van der Waals surface area contributed by atoms with Crippen LogP contribution in [0, 0.1) is 0 Å². The Hall–Kier alpha value is -1.30. The topological polar surface area (TPSA) is 68.2 Å². The van der Waals surface area contributed by atoms with Gasteiger partial charge < -0.3 is 24.4 Å². The van der Waals surface area contributed by atoms with Crippen LogP contribution in [0.5, 0.6) is 11.5 Å². The van der Waals surface area contributed by atoms with Gasteiger partial charge in [-0.1, -0.05) is 129 Å². The lowest BCUT2D eigenvalue weighted by molar-refractivity contribution is 0.0109. The molecule has 0 heterocycles. The quantitative estimate of drug-likeness (QED) is 0.0934. The van der Waals surface area contributed by atoms with Crippen molar-refractivity contribution in [3.05, 3.63) is 24.3 Å². The Balaban J connectivity index is 1.69. The number of hydrogen-bond donors (Lipinski definition) is 2. The second-order valence-electron chi connectivity index (χ2n) is 11.2.